The summed E-state index contributed by atoms with van der Waals surface area (Å²) in [6.07, 6.45) is 3.76. The Bertz CT molecular complexity index is 270. The molecule has 0 saturated heterocycles. The molecule has 1 fully saturated rings. The first kappa shape index (κ1) is 12.2. The summed E-state index contributed by atoms with van der Waals surface area (Å²) in [5.41, 5.74) is 0. The zero-order valence-electron chi connectivity index (χ0n) is 8.31. The molecule has 1 aliphatic carbocycles. The second kappa shape index (κ2) is 5.85. The van der Waals surface area contributed by atoms with Gasteiger partial charge in [0.2, 0.25) is 0 Å². The van der Waals surface area contributed by atoms with Gasteiger partial charge in [0, 0.05) is 10.8 Å². The standard InChI is InChI=1S/C9H14O5S/c10-8(11)5-15(13)6-9(12)14-7-3-1-2-4-7/h7H,1-6H2,(H,10,11). The average molecular weight is 234 g/mol. The van der Waals surface area contributed by atoms with Crippen LogP contribution in [-0.4, -0.2) is 38.9 Å². The number of aliphatic carboxylic acids is 1. The van der Waals surface area contributed by atoms with Gasteiger partial charge in [-0.15, -0.1) is 0 Å². The zero-order chi connectivity index (χ0) is 11.3. The highest BCUT2D eigenvalue weighted by atomic mass is 32.2. The summed E-state index contributed by atoms with van der Waals surface area (Å²) in [7, 11) is -1.65. The lowest BCUT2D eigenvalue weighted by Crippen LogP contribution is -2.23. The summed E-state index contributed by atoms with van der Waals surface area (Å²) in [6.45, 7) is 0. The average Bonchev–Trinajstić information content (AvgIpc) is 2.53. The van der Waals surface area contributed by atoms with Gasteiger partial charge in [-0.25, -0.2) is 0 Å². The van der Waals surface area contributed by atoms with Gasteiger partial charge in [-0.1, -0.05) is 0 Å². The fourth-order valence-electron chi connectivity index (χ4n) is 1.55. The minimum atomic E-state index is -1.65. The van der Waals surface area contributed by atoms with Crippen LogP contribution >= 0.6 is 0 Å². The van der Waals surface area contributed by atoms with Crippen molar-refractivity contribution < 1.29 is 23.6 Å². The quantitative estimate of drug-likeness (QED) is 0.692. The SMILES string of the molecule is O=C(O)CS(=O)CC(=O)OC1CCCC1. The number of ether oxygens (including phenoxy) is 1. The normalized spacial score (nSPS) is 18.7. The van der Waals surface area contributed by atoms with Gasteiger partial charge in [0.05, 0.1) is 0 Å². The molecule has 0 aromatic rings. The maximum absolute atomic E-state index is 11.2. The topological polar surface area (TPSA) is 80.7 Å². The maximum Gasteiger partial charge on any atom is 0.318 e. The summed E-state index contributed by atoms with van der Waals surface area (Å²) < 4.78 is 16.1. The smallest absolute Gasteiger partial charge is 0.318 e. The Hall–Kier alpha value is -0.910. The first-order valence-electron chi connectivity index (χ1n) is 4.84. The van der Waals surface area contributed by atoms with Crippen molar-refractivity contribution in [3.8, 4) is 0 Å². The number of carboxylic acids is 1. The number of rotatable bonds is 5. The van der Waals surface area contributed by atoms with Crippen molar-refractivity contribution >= 4 is 22.7 Å². The van der Waals surface area contributed by atoms with Gasteiger partial charge in [-0.3, -0.25) is 13.8 Å². The number of carbonyl (C=O) groups is 2. The van der Waals surface area contributed by atoms with E-state index in [1.165, 1.54) is 0 Å². The van der Waals surface area contributed by atoms with Crippen LogP contribution in [0.3, 0.4) is 0 Å². The minimum Gasteiger partial charge on any atom is -0.481 e. The van der Waals surface area contributed by atoms with Crippen molar-refractivity contribution in [2.24, 2.45) is 0 Å². The van der Waals surface area contributed by atoms with Gasteiger partial charge < -0.3 is 9.84 Å². The van der Waals surface area contributed by atoms with Gasteiger partial charge in [0.15, 0.2) is 0 Å². The predicted octanol–water partition coefficient (Wildman–Crippen LogP) is 0.305. The van der Waals surface area contributed by atoms with E-state index in [1.807, 2.05) is 0 Å². The molecule has 0 heterocycles. The van der Waals surface area contributed by atoms with Crippen molar-refractivity contribution in [3.63, 3.8) is 0 Å². The van der Waals surface area contributed by atoms with Gasteiger partial charge in [-0.05, 0) is 25.7 Å². The zero-order valence-corrected chi connectivity index (χ0v) is 9.12. The Morgan fingerprint density at radius 3 is 2.40 bits per heavy atom. The number of esters is 1. The molecule has 5 nitrogen and oxygen atoms in total. The van der Waals surface area contributed by atoms with Crippen molar-refractivity contribution in [1.82, 2.24) is 0 Å². The van der Waals surface area contributed by atoms with Crippen LogP contribution in [0.25, 0.3) is 0 Å². The second-order valence-corrected chi connectivity index (χ2v) is 4.98. The first-order chi connectivity index (χ1) is 7.08. The Morgan fingerprint density at radius 2 is 1.87 bits per heavy atom. The van der Waals surface area contributed by atoms with Crippen LogP contribution in [0.5, 0.6) is 0 Å². The third kappa shape index (κ3) is 4.92. The number of hydrogen-bond acceptors (Lipinski definition) is 4. The lowest BCUT2D eigenvalue weighted by Gasteiger charge is -2.10. The van der Waals surface area contributed by atoms with E-state index in [-0.39, 0.29) is 11.9 Å². The summed E-state index contributed by atoms with van der Waals surface area (Å²) >= 11 is 0. The Morgan fingerprint density at radius 1 is 1.27 bits per heavy atom. The molecule has 0 spiro atoms. The Balaban J connectivity index is 2.22. The van der Waals surface area contributed by atoms with Crippen molar-refractivity contribution in [1.29, 1.82) is 0 Å². The Kier molecular flexibility index (Phi) is 4.74. The predicted molar refractivity (Wildman–Crippen MR) is 53.9 cm³/mol. The summed E-state index contributed by atoms with van der Waals surface area (Å²) in [5.74, 6) is -2.54. The summed E-state index contributed by atoms with van der Waals surface area (Å²) in [4.78, 5) is 21.4. The van der Waals surface area contributed by atoms with E-state index in [0.717, 1.165) is 25.7 Å². The first-order valence-corrected chi connectivity index (χ1v) is 6.33. The summed E-state index contributed by atoms with van der Waals surface area (Å²) in [6, 6.07) is 0. The fourth-order valence-corrected chi connectivity index (χ4v) is 2.25. The monoisotopic (exact) mass is 234 g/mol. The van der Waals surface area contributed by atoms with E-state index < -0.39 is 28.5 Å². The summed E-state index contributed by atoms with van der Waals surface area (Å²) in [5, 5.41) is 8.34. The third-order valence-electron chi connectivity index (χ3n) is 2.16. The van der Waals surface area contributed by atoms with Crippen LogP contribution in [0.1, 0.15) is 25.7 Å². The van der Waals surface area contributed by atoms with Gasteiger partial charge in [0.1, 0.15) is 17.6 Å². The van der Waals surface area contributed by atoms with Crippen molar-refractivity contribution in [2.75, 3.05) is 11.5 Å². The largest absolute Gasteiger partial charge is 0.481 e. The van der Waals surface area contributed by atoms with Gasteiger partial charge in [0.25, 0.3) is 0 Å². The van der Waals surface area contributed by atoms with E-state index in [9.17, 15) is 13.8 Å². The molecule has 1 unspecified atom stereocenters. The lowest BCUT2D eigenvalue weighted by atomic mass is 10.3. The highest BCUT2D eigenvalue weighted by Gasteiger charge is 2.20. The molecule has 0 aliphatic heterocycles. The lowest BCUT2D eigenvalue weighted by molar-refractivity contribution is -0.145. The molecule has 1 N–H and O–H groups in total. The maximum atomic E-state index is 11.2. The van der Waals surface area contributed by atoms with E-state index in [2.05, 4.69) is 0 Å². The fraction of sp³-hybridized carbons (Fsp3) is 0.778. The highest BCUT2D eigenvalue weighted by Crippen LogP contribution is 2.20. The van der Waals surface area contributed by atoms with Crippen LogP contribution in [-0.2, 0) is 25.1 Å². The van der Waals surface area contributed by atoms with E-state index in [1.54, 1.807) is 0 Å². The number of carbonyl (C=O) groups excluding carboxylic acids is 1. The van der Waals surface area contributed by atoms with Crippen LogP contribution in [0.4, 0.5) is 0 Å². The van der Waals surface area contributed by atoms with Crippen LogP contribution < -0.4 is 0 Å². The number of carboxylic acid groups (broad SMARTS) is 1. The molecule has 0 aromatic carbocycles. The molecule has 0 amide bonds. The molecule has 6 heteroatoms. The molecule has 1 atom stereocenters. The molecule has 0 aromatic heterocycles. The minimum absolute atomic E-state index is 0.0562. The molecule has 86 valence electrons. The van der Waals surface area contributed by atoms with E-state index in [4.69, 9.17) is 9.84 Å². The molecule has 0 radical (unpaired) electrons. The second-order valence-electron chi connectivity index (χ2n) is 3.52. The van der Waals surface area contributed by atoms with Crippen molar-refractivity contribution in [2.45, 2.75) is 31.8 Å². The number of hydrogen-bond donors (Lipinski definition) is 1. The molecule has 0 bridgehead atoms. The van der Waals surface area contributed by atoms with Crippen LogP contribution in [0.2, 0.25) is 0 Å². The molecular formula is C9H14O5S. The van der Waals surface area contributed by atoms with E-state index >= 15 is 0 Å². The Labute approximate surface area is 90.3 Å². The van der Waals surface area contributed by atoms with E-state index in [0.29, 0.717) is 0 Å². The molecule has 1 aliphatic rings. The molecule has 1 rings (SSSR count). The van der Waals surface area contributed by atoms with Crippen LogP contribution in [0.15, 0.2) is 0 Å². The van der Waals surface area contributed by atoms with Crippen LogP contribution in [0, 0.1) is 0 Å². The van der Waals surface area contributed by atoms with Gasteiger partial charge >= 0.3 is 11.9 Å². The molecule has 1 saturated carbocycles. The molecular weight excluding hydrogens is 220 g/mol. The highest BCUT2D eigenvalue weighted by molar-refractivity contribution is 7.86. The molecule has 15 heavy (non-hydrogen) atoms. The third-order valence-corrected chi connectivity index (χ3v) is 3.29. The van der Waals surface area contributed by atoms with Gasteiger partial charge in [-0.2, -0.15) is 0 Å². The van der Waals surface area contributed by atoms with Crippen molar-refractivity contribution in [3.05, 3.63) is 0 Å².